The second-order valence-electron chi connectivity index (χ2n) is 6.90. The number of rotatable bonds is 5. The summed E-state index contributed by atoms with van der Waals surface area (Å²) in [7, 11) is -2.40. The van der Waals surface area contributed by atoms with E-state index in [-0.39, 0.29) is 12.6 Å². The largest absolute Gasteiger partial charge is 0.357 e. The zero-order valence-electron chi connectivity index (χ0n) is 15.7. The van der Waals surface area contributed by atoms with Gasteiger partial charge in [0.2, 0.25) is 10.0 Å². The Hall–Kier alpha value is -2.19. The highest BCUT2D eigenvalue weighted by atomic mass is 32.2. The van der Waals surface area contributed by atoms with Gasteiger partial charge in [0.05, 0.1) is 23.5 Å². The zero-order valence-corrected chi connectivity index (χ0v) is 16.5. The van der Waals surface area contributed by atoms with Crippen LogP contribution in [-0.2, 0) is 21.5 Å². The summed E-state index contributed by atoms with van der Waals surface area (Å²) in [5, 5.41) is 2.26. The van der Waals surface area contributed by atoms with Crippen LogP contribution < -0.4 is 0 Å². The van der Waals surface area contributed by atoms with Crippen LogP contribution in [0.4, 0.5) is 4.79 Å². The summed E-state index contributed by atoms with van der Waals surface area (Å²) in [4.78, 5) is 23.1. The highest BCUT2D eigenvalue weighted by Crippen LogP contribution is 2.25. The summed E-state index contributed by atoms with van der Waals surface area (Å²) in [5.74, 6) is 0. The third-order valence-electron chi connectivity index (χ3n) is 4.87. The van der Waals surface area contributed by atoms with Crippen LogP contribution in [0.1, 0.15) is 37.8 Å². The number of amides is 2. The molecule has 8 heteroatoms. The van der Waals surface area contributed by atoms with Crippen molar-refractivity contribution < 1.29 is 18.0 Å². The molecule has 27 heavy (non-hydrogen) atoms. The molecule has 1 heterocycles. The number of hydrogen-bond donors (Lipinski definition) is 0. The molecule has 0 bridgehead atoms. The maximum Gasteiger partial charge on any atom is 0.357 e. The van der Waals surface area contributed by atoms with Gasteiger partial charge in [-0.3, -0.25) is 9.82 Å². The van der Waals surface area contributed by atoms with Gasteiger partial charge in [0.1, 0.15) is 6.61 Å². The minimum absolute atomic E-state index is 0.102. The van der Waals surface area contributed by atoms with Crippen LogP contribution in [0.25, 0.3) is 10.9 Å². The van der Waals surface area contributed by atoms with Crippen molar-refractivity contribution in [1.29, 1.82) is 0 Å². The summed E-state index contributed by atoms with van der Waals surface area (Å²) >= 11 is 0. The quantitative estimate of drug-likeness (QED) is 0.731. The lowest BCUT2D eigenvalue weighted by Crippen LogP contribution is -2.48. The molecule has 1 fully saturated rings. The fraction of sp³-hybridized carbons (Fsp3) is 0.474. The Morgan fingerprint density at radius 3 is 2.56 bits per heavy atom. The summed E-state index contributed by atoms with van der Waals surface area (Å²) in [6, 6.07) is 10.8. The molecule has 1 aliphatic carbocycles. The van der Waals surface area contributed by atoms with Gasteiger partial charge in [0.25, 0.3) is 0 Å². The number of benzene rings is 1. The zero-order chi connectivity index (χ0) is 19.4. The van der Waals surface area contributed by atoms with Crippen molar-refractivity contribution in [3.63, 3.8) is 0 Å². The number of carbonyl (C=O) groups is 1. The summed E-state index contributed by atoms with van der Waals surface area (Å²) in [6.07, 6.45) is 5.72. The Labute approximate surface area is 159 Å². The molecule has 7 nitrogen and oxygen atoms in total. The highest BCUT2D eigenvalue weighted by molar-refractivity contribution is 7.88. The highest BCUT2D eigenvalue weighted by Gasteiger charge is 2.32. The Morgan fingerprint density at radius 1 is 1.15 bits per heavy atom. The molecule has 0 atom stereocenters. The standard InChI is InChI=1S/C19H25N3O4S/c1-21(27(2,24)25)19(23)22(17-9-4-3-5-10-17)26-14-16-13-12-15-8-6-7-11-18(15)20-16/h6-8,11-13,17H,3-5,9-10,14H2,1-2H3. The van der Waals surface area contributed by atoms with Crippen LogP contribution in [0.5, 0.6) is 0 Å². The Kier molecular flexibility index (Phi) is 5.96. The molecular formula is C19H25N3O4S. The van der Waals surface area contributed by atoms with E-state index >= 15 is 0 Å². The molecule has 2 amide bonds. The third-order valence-corrected chi connectivity index (χ3v) is 6.02. The lowest BCUT2D eigenvalue weighted by Gasteiger charge is -2.34. The molecule has 1 aromatic carbocycles. The van der Waals surface area contributed by atoms with E-state index in [2.05, 4.69) is 4.98 Å². The van der Waals surface area contributed by atoms with Crippen molar-refractivity contribution in [1.82, 2.24) is 14.4 Å². The first-order valence-corrected chi connectivity index (χ1v) is 11.0. The average molecular weight is 391 g/mol. The second kappa shape index (κ2) is 8.22. The minimum Gasteiger partial charge on any atom is -0.263 e. The SMILES string of the molecule is CN(C(=O)N(OCc1ccc2ccccc2n1)C1CCCCC1)S(C)(=O)=O. The molecule has 1 saturated carbocycles. The minimum atomic E-state index is -3.65. The lowest BCUT2D eigenvalue weighted by atomic mass is 9.95. The molecule has 2 aromatic rings. The molecule has 0 radical (unpaired) electrons. The number of carbonyl (C=O) groups excluding carboxylic acids is 1. The van der Waals surface area contributed by atoms with Crippen LogP contribution in [0.3, 0.4) is 0 Å². The van der Waals surface area contributed by atoms with Gasteiger partial charge in [-0.1, -0.05) is 43.5 Å². The molecule has 0 unspecified atom stereocenters. The van der Waals surface area contributed by atoms with Crippen LogP contribution in [0, 0.1) is 0 Å². The van der Waals surface area contributed by atoms with Crippen molar-refractivity contribution in [3.05, 3.63) is 42.1 Å². The number of nitrogens with zero attached hydrogens (tertiary/aromatic N) is 3. The van der Waals surface area contributed by atoms with Crippen molar-refractivity contribution >= 4 is 27.0 Å². The maximum atomic E-state index is 12.8. The predicted molar refractivity (Wildman–Crippen MR) is 103 cm³/mol. The molecule has 0 spiro atoms. The van der Waals surface area contributed by atoms with Gasteiger partial charge in [0.15, 0.2) is 0 Å². The fourth-order valence-corrected chi connectivity index (χ4v) is 3.60. The first-order valence-electron chi connectivity index (χ1n) is 9.11. The van der Waals surface area contributed by atoms with Gasteiger partial charge in [-0.05, 0) is 25.0 Å². The van der Waals surface area contributed by atoms with E-state index in [1.807, 2.05) is 36.4 Å². The summed E-state index contributed by atoms with van der Waals surface area (Å²) < 4.78 is 24.3. The van der Waals surface area contributed by atoms with Crippen LogP contribution in [-0.4, -0.2) is 48.1 Å². The van der Waals surface area contributed by atoms with Crippen molar-refractivity contribution in [3.8, 4) is 0 Å². The monoisotopic (exact) mass is 391 g/mol. The van der Waals surface area contributed by atoms with Crippen molar-refractivity contribution in [2.24, 2.45) is 0 Å². The van der Waals surface area contributed by atoms with E-state index in [0.717, 1.165) is 53.6 Å². The van der Waals surface area contributed by atoms with E-state index in [1.54, 1.807) is 0 Å². The van der Waals surface area contributed by atoms with Crippen molar-refractivity contribution in [2.75, 3.05) is 13.3 Å². The normalized spacial score (nSPS) is 15.6. The Bertz CT molecular complexity index is 910. The van der Waals surface area contributed by atoms with E-state index in [9.17, 15) is 13.2 Å². The van der Waals surface area contributed by atoms with E-state index in [0.29, 0.717) is 5.69 Å². The van der Waals surface area contributed by atoms with Crippen LogP contribution in [0.2, 0.25) is 0 Å². The van der Waals surface area contributed by atoms with Gasteiger partial charge in [-0.15, -0.1) is 0 Å². The molecule has 1 aliphatic rings. The Morgan fingerprint density at radius 2 is 1.85 bits per heavy atom. The molecule has 3 rings (SSSR count). The average Bonchev–Trinajstić information content (AvgIpc) is 2.67. The molecule has 0 aliphatic heterocycles. The molecule has 0 saturated heterocycles. The van der Waals surface area contributed by atoms with Gasteiger partial charge < -0.3 is 0 Å². The number of hydrogen-bond acceptors (Lipinski definition) is 5. The molecule has 0 N–H and O–H groups in total. The van der Waals surface area contributed by atoms with E-state index in [1.165, 1.54) is 12.1 Å². The van der Waals surface area contributed by atoms with Gasteiger partial charge >= 0.3 is 6.03 Å². The topological polar surface area (TPSA) is 79.8 Å². The van der Waals surface area contributed by atoms with Crippen molar-refractivity contribution in [2.45, 2.75) is 44.8 Å². The second-order valence-corrected chi connectivity index (χ2v) is 8.91. The van der Waals surface area contributed by atoms with Crippen LogP contribution in [0.15, 0.2) is 36.4 Å². The first kappa shape index (κ1) is 19.6. The number of hydroxylamine groups is 2. The van der Waals surface area contributed by atoms with Gasteiger partial charge in [0, 0.05) is 12.4 Å². The number of fused-ring (bicyclic) bond motifs is 1. The number of urea groups is 1. The molecular weight excluding hydrogens is 366 g/mol. The van der Waals surface area contributed by atoms with E-state index < -0.39 is 16.1 Å². The lowest BCUT2D eigenvalue weighted by molar-refractivity contribution is -0.164. The van der Waals surface area contributed by atoms with Gasteiger partial charge in [-0.2, -0.15) is 5.06 Å². The summed E-state index contributed by atoms with van der Waals surface area (Å²) in [6.45, 7) is 0.102. The van der Waals surface area contributed by atoms with Crippen LogP contribution >= 0.6 is 0 Å². The summed E-state index contributed by atoms with van der Waals surface area (Å²) in [5.41, 5.74) is 1.53. The number of para-hydroxylation sites is 1. The van der Waals surface area contributed by atoms with Gasteiger partial charge in [-0.25, -0.2) is 17.5 Å². The number of sulfonamides is 1. The smallest absolute Gasteiger partial charge is 0.263 e. The fourth-order valence-electron chi connectivity index (χ4n) is 3.24. The predicted octanol–water partition coefficient (Wildman–Crippen LogP) is 3.31. The molecule has 1 aromatic heterocycles. The third kappa shape index (κ3) is 4.75. The Balaban J connectivity index is 1.78. The first-order chi connectivity index (χ1) is 12.9. The van der Waals surface area contributed by atoms with E-state index in [4.69, 9.17) is 4.84 Å². The maximum absolute atomic E-state index is 12.8. The number of aromatic nitrogens is 1. The molecule has 146 valence electrons. The number of pyridine rings is 1.